The van der Waals surface area contributed by atoms with E-state index in [4.69, 9.17) is 9.47 Å². The van der Waals surface area contributed by atoms with Crippen LogP contribution >= 0.6 is 0 Å². The number of aromatic nitrogens is 1. The van der Waals surface area contributed by atoms with Gasteiger partial charge in [0.1, 0.15) is 11.1 Å². The van der Waals surface area contributed by atoms with Crippen LogP contribution in [0.1, 0.15) is 65.8 Å². The van der Waals surface area contributed by atoms with Gasteiger partial charge in [0.05, 0.1) is 18.8 Å². The maximum Gasteiger partial charge on any atom is 0.259 e. The molecule has 1 aliphatic carbocycles. The monoisotopic (exact) mass is 495 g/mol. The Bertz CT molecular complexity index is 1110. The zero-order valence-corrected chi connectivity index (χ0v) is 21.5. The Morgan fingerprint density at radius 2 is 1.69 bits per heavy atom. The molecule has 8 nitrogen and oxygen atoms in total. The molecular weight excluding hydrogens is 458 g/mol. The van der Waals surface area contributed by atoms with E-state index < -0.39 is 11.3 Å². The fourth-order valence-electron chi connectivity index (χ4n) is 5.54. The summed E-state index contributed by atoms with van der Waals surface area (Å²) in [6.07, 6.45) is 7.00. The van der Waals surface area contributed by atoms with E-state index in [1.807, 2.05) is 32.0 Å². The van der Waals surface area contributed by atoms with Gasteiger partial charge in [-0.1, -0.05) is 43.2 Å². The van der Waals surface area contributed by atoms with E-state index in [0.717, 1.165) is 25.7 Å². The topological polar surface area (TPSA) is 89.9 Å². The van der Waals surface area contributed by atoms with Crippen LogP contribution in [0.25, 0.3) is 0 Å². The van der Waals surface area contributed by atoms with Crippen LogP contribution in [0.2, 0.25) is 0 Å². The number of ether oxygens (including phenoxy) is 2. The lowest BCUT2D eigenvalue weighted by Crippen LogP contribution is -2.49. The van der Waals surface area contributed by atoms with E-state index in [2.05, 4.69) is 17.4 Å². The van der Waals surface area contributed by atoms with Gasteiger partial charge in [0.25, 0.3) is 11.8 Å². The highest BCUT2D eigenvalue weighted by Crippen LogP contribution is 2.40. The third-order valence-corrected chi connectivity index (χ3v) is 7.35. The molecule has 8 heteroatoms. The fourth-order valence-corrected chi connectivity index (χ4v) is 5.54. The third kappa shape index (κ3) is 5.71. The number of carbonyl (C=O) groups excluding carboxylic acids is 2. The number of pyridine rings is 1. The van der Waals surface area contributed by atoms with Crippen LogP contribution in [-0.2, 0) is 21.4 Å². The minimum Gasteiger partial charge on any atom is -0.383 e. The van der Waals surface area contributed by atoms with Gasteiger partial charge in [0.15, 0.2) is 0 Å². The van der Waals surface area contributed by atoms with Gasteiger partial charge < -0.3 is 24.3 Å². The number of hydrogen-bond acceptors (Lipinski definition) is 5. The van der Waals surface area contributed by atoms with Crippen LogP contribution in [0.5, 0.6) is 0 Å². The first-order valence-corrected chi connectivity index (χ1v) is 12.8. The Kier molecular flexibility index (Phi) is 8.26. The summed E-state index contributed by atoms with van der Waals surface area (Å²) in [5, 5.41) is 3.04. The van der Waals surface area contributed by atoms with Gasteiger partial charge in [-0.05, 0) is 32.3 Å². The van der Waals surface area contributed by atoms with E-state index in [9.17, 15) is 14.4 Å². The van der Waals surface area contributed by atoms with Gasteiger partial charge in [0, 0.05) is 51.1 Å². The maximum absolute atomic E-state index is 13.4. The second-order valence-corrected chi connectivity index (χ2v) is 10.1. The van der Waals surface area contributed by atoms with Crippen molar-refractivity contribution in [3.8, 4) is 0 Å². The quantitative estimate of drug-likeness (QED) is 0.608. The van der Waals surface area contributed by atoms with E-state index in [0.29, 0.717) is 32.8 Å². The number of amides is 2. The van der Waals surface area contributed by atoms with Crippen LogP contribution in [0, 0.1) is 0 Å². The smallest absolute Gasteiger partial charge is 0.259 e. The SMILES string of the molecule is COCCn1cc(C(=O)NCC2(c3ccccc3)CCCC2)c(=O)c(C(=O)N2C[C@@H](C)O[C@@H](C)C2)c1. The predicted molar refractivity (Wildman–Crippen MR) is 137 cm³/mol. The van der Waals surface area contributed by atoms with E-state index in [1.165, 1.54) is 18.0 Å². The van der Waals surface area contributed by atoms with Crippen molar-refractivity contribution in [2.45, 2.75) is 63.7 Å². The molecule has 1 saturated heterocycles. The highest BCUT2D eigenvalue weighted by molar-refractivity contribution is 5.99. The van der Waals surface area contributed by atoms with Crippen molar-refractivity contribution in [2.75, 3.05) is 33.4 Å². The molecule has 1 aliphatic heterocycles. The van der Waals surface area contributed by atoms with Crippen molar-refractivity contribution in [2.24, 2.45) is 0 Å². The molecule has 0 bridgehead atoms. The molecule has 1 saturated carbocycles. The number of benzene rings is 1. The average molecular weight is 496 g/mol. The maximum atomic E-state index is 13.4. The first-order chi connectivity index (χ1) is 17.3. The Hall–Kier alpha value is -2.97. The molecule has 0 unspecified atom stereocenters. The van der Waals surface area contributed by atoms with Gasteiger partial charge in [-0.25, -0.2) is 0 Å². The summed E-state index contributed by atoms with van der Waals surface area (Å²) in [5.74, 6) is -0.828. The predicted octanol–water partition coefficient (Wildman–Crippen LogP) is 2.99. The van der Waals surface area contributed by atoms with Gasteiger partial charge in [0.2, 0.25) is 5.43 Å². The highest BCUT2D eigenvalue weighted by Gasteiger charge is 2.36. The van der Waals surface area contributed by atoms with Gasteiger partial charge in [-0.15, -0.1) is 0 Å². The number of rotatable bonds is 8. The number of nitrogens with zero attached hydrogens (tertiary/aromatic N) is 2. The van der Waals surface area contributed by atoms with Crippen LogP contribution in [-0.4, -0.2) is 66.8 Å². The molecular formula is C28H37N3O5. The Morgan fingerprint density at radius 1 is 1.06 bits per heavy atom. The van der Waals surface area contributed by atoms with E-state index in [-0.39, 0.29) is 34.7 Å². The molecule has 194 valence electrons. The Morgan fingerprint density at radius 3 is 2.33 bits per heavy atom. The summed E-state index contributed by atoms with van der Waals surface area (Å²) < 4.78 is 12.6. The van der Waals surface area contributed by atoms with Crippen LogP contribution in [0.3, 0.4) is 0 Å². The van der Waals surface area contributed by atoms with Crippen LogP contribution in [0.15, 0.2) is 47.5 Å². The molecule has 2 aliphatic rings. The second-order valence-electron chi connectivity index (χ2n) is 10.1. The molecule has 1 N–H and O–H groups in total. The van der Waals surface area contributed by atoms with Crippen molar-refractivity contribution in [3.63, 3.8) is 0 Å². The Balaban J connectivity index is 1.60. The highest BCUT2D eigenvalue weighted by atomic mass is 16.5. The molecule has 2 aromatic rings. The summed E-state index contributed by atoms with van der Waals surface area (Å²) in [7, 11) is 1.59. The summed E-state index contributed by atoms with van der Waals surface area (Å²) in [6.45, 7) is 5.86. The minimum absolute atomic E-state index is 0.00121. The molecule has 2 heterocycles. The summed E-state index contributed by atoms with van der Waals surface area (Å²) in [4.78, 5) is 41.9. The number of methoxy groups -OCH3 is 1. The van der Waals surface area contributed by atoms with Gasteiger partial charge in [-0.2, -0.15) is 0 Å². The molecule has 1 aromatic carbocycles. The van der Waals surface area contributed by atoms with Crippen molar-refractivity contribution in [1.82, 2.24) is 14.8 Å². The van der Waals surface area contributed by atoms with Crippen molar-refractivity contribution >= 4 is 11.8 Å². The molecule has 4 rings (SSSR count). The molecule has 2 amide bonds. The van der Waals surface area contributed by atoms with Crippen LogP contribution in [0.4, 0.5) is 0 Å². The number of hydrogen-bond donors (Lipinski definition) is 1. The summed E-state index contributed by atoms with van der Waals surface area (Å²) >= 11 is 0. The zero-order chi connectivity index (χ0) is 25.7. The van der Waals surface area contributed by atoms with Crippen molar-refractivity contribution < 1.29 is 19.1 Å². The second kappa shape index (κ2) is 11.4. The van der Waals surface area contributed by atoms with E-state index >= 15 is 0 Å². The number of morpholine rings is 1. The Labute approximate surface area is 212 Å². The van der Waals surface area contributed by atoms with Gasteiger partial charge in [-0.3, -0.25) is 14.4 Å². The molecule has 36 heavy (non-hydrogen) atoms. The average Bonchev–Trinajstić information content (AvgIpc) is 3.36. The summed E-state index contributed by atoms with van der Waals surface area (Å²) in [6, 6.07) is 10.3. The number of carbonyl (C=O) groups is 2. The normalized spacial score (nSPS) is 21.4. The van der Waals surface area contributed by atoms with Crippen LogP contribution < -0.4 is 10.7 Å². The van der Waals surface area contributed by atoms with Gasteiger partial charge >= 0.3 is 0 Å². The fraction of sp³-hybridized carbons (Fsp3) is 0.536. The first kappa shape index (κ1) is 26.1. The lowest BCUT2D eigenvalue weighted by Gasteiger charge is -2.35. The largest absolute Gasteiger partial charge is 0.383 e. The third-order valence-electron chi connectivity index (χ3n) is 7.35. The molecule has 0 radical (unpaired) electrons. The lowest BCUT2D eigenvalue weighted by atomic mass is 9.79. The minimum atomic E-state index is -0.543. The standard InChI is InChI=1S/C28H37N3O5/c1-20-15-31(16-21(2)36-20)27(34)24-18-30(13-14-35-3)17-23(25(24)32)26(33)29-19-28(11-7-8-12-28)22-9-5-4-6-10-22/h4-6,9-10,17-18,20-21H,7-8,11-16,19H2,1-3H3,(H,29,33)/t20-,21+. The lowest BCUT2D eigenvalue weighted by molar-refractivity contribution is -0.0586. The molecule has 0 spiro atoms. The zero-order valence-electron chi connectivity index (χ0n) is 21.5. The number of nitrogens with one attached hydrogen (secondary N) is 1. The summed E-state index contributed by atoms with van der Waals surface area (Å²) in [5.41, 5.74) is 0.503. The molecule has 2 atom stereocenters. The van der Waals surface area contributed by atoms with Crippen molar-refractivity contribution in [1.29, 1.82) is 0 Å². The molecule has 2 fully saturated rings. The van der Waals surface area contributed by atoms with E-state index in [1.54, 1.807) is 16.6 Å². The van der Waals surface area contributed by atoms with Crippen molar-refractivity contribution in [3.05, 3.63) is 69.6 Å². The first-order valence-electron chi connectivity index (χ1n) is 12.8. The molecule has 1 aromatic heterocycles.